The van der Waals surface area contributed by atoms with Gasteiger partial charge in [-0.2, -0.15) is 0 Å². The van der Waals surface area contributed by atoms with E-state index in [0.29, 0.717) is 0 Å². The quantitative estimate of drug-likeness (QED) is 0.890. The number of hydrogen-bond donors (Lipinski definition) is 1. The summed E-state index contributed by atoms with van der Waals surface area (Å²) in [5, 5.41) is 0.751. The zero-order valence-electron chi connectivity index (χ0n) is 14.6. The summed E-state index contributed by atoms with van der Waals surface area (Å²) >= 11 is 6.08. The van der Waals surface area contributed by atoms with Gasteiger partial charge < -0.3 is 20.2 Å². The van der Waals surface area contributed by atoms with E-state index in [9.17, 15) is 0 Å². The molecule has 1 saturated heterocycles. The Bertz CT molecular complexity index is 424. The van der Waals surface area contributed by atoms with Crippen LogP contribution in [0.3, 0.4) is 0 Å². The normalized spacial score (nSPS) is 14.2. The summed E-state index contributed by atoms with van der Waals surface area (Å²) in [5.41, 5.74) is 6.64. The fourth-order valence-corrected chi connectivity index (χ4v) is 2.60. The third-order valence-electron chi connectivity index (χ3n) is 3.53. The van der Waals surface area contributed by atoms with Gasteiger partial charge in [-0.05, 0) is 37.7 Å². The second-order valence-corrected chi connectivity index (χ2v) is 5.22. The van der Waals surface area contributed by atoms with Crippen molar-refractivity contribution in [2.45, 2.75) is 20.3 Å². The van der Waals surface area contributed by atoms with E-state index < -0.39 is 0 Å². The molecule has 0 bridgehead atoms. The maximum Gasteiger partial charge on any atom is 0.142 e. The maximum atomic E-state index is 8.00. The Morgan fingerprint density at radius 3 is 2.35 bits per heavy atom. The van der Waals surface area contributed by atoms with Crippen LogP contribution in [0.25, 0.3) is 0 Å². The highest BCUT2D eigenvalue weighted by molar-refractivity contribution is 6.30. The van der Waals surface area contributed by atoms with Gasteiger partial charge in [0.2, 0.25) is 0 Å². The van der Waals surface area contributed by atoms with E-state index in [4.69, 9.17) is 26.9 Å². The highest BCUT2D eigenvalue weighted by Crippen LogP contribution is 2.31. The number of carbonyl (C=O) groups is 1. The molecule has 23 heavy (non-hydrogen) atoms. The number of nitrogens with zero attached hydrogens (tertiary/aromatic N) is 2. The van der Waals surface area contributed by atoms with Crippen LogP contribution in [0.2, 0.25) is 5.02 Å². The monoisotopic (exact) mass is 343 g/mol. The number of hydrogen-bond acceptors (Lipinski definition) is 5. The molecule has 0 aliphatic carbocycles. The van der Waals surface area contributed by atoms with Gasteiger partial charge >= 0.3 is 0 Å². The van der Waals surface area contributed by atoms with Crippen molar-refractivity contribution < 1.29 is 9.53 Å². The van der Waals surface area contributed by atoms with Gasteiger partial charge in [0.25, 0.3) is 0 Å². The van der Waals surface area contributed by atoms with Gasteiger partial charge in [0, 0.05) is 31.2 Å². The van der Waals surface area contributed by atoms with E-state index in [0.717, 1.165) is 62.1 Å². The molecule has 1 aromatic rings. The van der Waals surface area contributed by atoms with Gasteiger partial charge in [0.1, 0.15) is 12.5 Å². The van der Waals surface area contributed by atoms with Crippen LogP contribution in [-0.2, 0) is 4.79 Å². The summed E-state index contributed by atoms with van der Waals surface area (Å²) in [7, 11) is 1.70. The largest absolute Gasteiger partial charge is 0.495 e. The van der Waals surface area contributed by atoms with E-state index in [-0.39, 0.29) is 0 Å². The molecule has 0 radical (unpaired) electrons. The fraction of sp³-hybridized carbons (Fsp3) is 0.588. The second-order valence-electron chi connectivity index (χ2n) is 4.79. The number of nitrogens with two attached hydrogens (primary N) is 1. The summed E-state index contributed by atoms with van der Waals surface area (Å²) in [5.74, 6) is 0.889. The van der Waals surface area contributed by atoms with Gasteiger partial charge in [-0.3, -0.25) is 4.90 Å². The third kappa shape index (κ3) is 7.20. The van der Waals surface area contributed by atoms with Gasteiger partial charge in [-0.15, -0.1) is 0 Å². The third-order valence-corrected chi connectivity index (χ3v) is 3.77. The fourth-order valence-electron chi connectivity index (χ4n) is 2.44. The van der Waals surface area contributed by atoms with Crippen molar-refractivity contribution in [1.29, 1.82) is 0 Å². The lowest BCUT2D eigenvalue weighted by atomic mass is 10.2. The Balaban J connectivity index is 0.00000112. The Morgan fingerprint density at radius 1 is 1.22 bits per heavy atom. The van der Waals surface area contributed by atoms with E-state index in [2.05, 4.69) is 9.80 Å². The molecule has 0 spiro atoms. The van der Waals surface area contributed by atoms with Crippen molar-refractivity contribution in [2.75, 3.05) is 51.3 Å². The van der Waals surface area contributed by atoms with Crippen LogP contribution in [0.15, 0.2) is 18.2 Å². The lowest BCUT2D eigenvalue weighted by Gasteiger charge is -2.36. The van der Waals surface area contributed by atoms with Crippen molar-refractivity contribution >= 4 is 24.1 Å². The van der Waals surface area contributed by atoms with Crippen LogP contribution in [0.1, 0.15) is 20.3 Å². The molecule has 0 amide bonds. The number of methoxy groups -OCH3 is 1. The molecule has 0 saturated carbocycles. The molecule has 6 heteroatoms. The van der Waals surface area contributed by atoms with Gasteiger partial charge in [0.15, 0.2) is 0 Å². The molecule has 0 atom stereocenters. The van der Waals surface area contributed by atoms with Crippen molar-refractivity contribution in [3.8, 4) is 5.75 Å². The predicted molar refractivity (Wildman–Crippen MR) is 98.8 cm³/mol. The number of anilines is 1. The molecule has 132 valence electrons. The van der Waals surface area contributed by atoms with E-state index in [1.54, 1.807) is 7.11 Å². The molecule has 1 heterocycles. The first-order valence-corrected chi connectivity index (χ1v) is 8.42. The van der Waals surface area contributed by atoms with Crippen molar-refractivity contribution in [3.63, 3.8) is 0 Å². The molecule has 5 nitrogen and oxygen atoms in total. The molecular formula is C17H30ClN3O2. The number of piperazine rings is 1. The first-order chi connectivity index (χ1) is 11.2. The Morgan fingerprint density at radius 2 is 1.83 bits per heavy atom. The van der Waals surface area contributed by atoms with Crippen LogP contribution < -0.4 is 15.4 Å². The van der Waals surface area contributed by atoms with Crippen molar-refractivity contribution in [1.82, 2.24) is 4.90 Å². The molecule has 1 aliphatic heterocycles. The summed E-state index contributed by atoms with van der Waals surface area (Å²) in [6.07, 6.45) is 1.07. The van der Waals surface area contributed by atoms with Gasteiger partial charge in [0.05, 0.1) is 12.8 Å². The average Bonchev–Trinajstić information content (AvgIpc) is 2.64. The highest BCUT2D eigenvalue weighted by atomic mass is 35.5. The summed E-state index contributed by atoms with van der Waals surface area (Å²) in [6.45, 7) is 12.0. The van der Waals surface area contributed by atoms with Crippen molar-refractivity contribution in [2.24, 2.45) is 5.73 Å². The molecule has 0 unspecified atom stereocenters. The predicted octanol–water partition coefficient (Wildman–Crippen LogP) is 2.66. The van der Waals surface area contributed by atoms with Crippen LogP contribution in [-0.4, -0.2) is 58.1 Å². The number of halogens is 1. The Kier molecular flexibility index (Phi) is 12.4. The van der Waals surface area contributed by atoms with Crippen LogP contribution in [0.4, 0.5) is 5.69 Å². The number of benzene rings is 1. The number of rotatable bonds is 5. The topological polar surface area (TPSA) is 58.8 Å². The summed E-state index contributed by atoms with van der Waals surface area (Å²) in [4.78, 5) is 12.8. The molecule has 1 fully saturated rings. The minimum atomic E-state index is 0.751. The minimum Gasteiger partial charge on any atom is -0.495 e. The van der Waals surface area contributed by atoms with Crippen LogP contribution in [0.5, 0.6) is 5.75 Å². The van der Waals surface area contributed by atoms with Gasteiger partial charge in [-0.1, -0.05) is 25.4 Å². The molecular weight excluding hydrogens is 314 g/mol. The SMILES string of the molecule is C=O.CC.COc1ccc(Cl)cc1N1CCN(CCCN)CC1. The lowest BCUT2D eigenvalue weighted by molar-refractivity contribution is -0.0979. The van der Waals surface area contributed by atoms with Gasteiger partial charge in [-0.25, -0.2) is 0 Å². The first-order valence-electron chi connectivity index (χ1n) is 8.04. The van der Waals surface area contributed by atoms with E-state index in [1.165, 1.54) is 0 Å². The summed E-state index contributed by atoms with van der Waals surface area (Å²) < 4.78 is 5.41. The van der Waals surface area contributed by atoms with Crippen LogP contribution >= 0.6 is 11.6 Å². The minimum absolute atomic E-state index is 0.751. The maximum absolute atomic E-state index is 8.00. The number of carbonyl (C=O) groups excluding carboxylic acids is 1. The Hall–Kier alpha value is -1.30. The first kappa shape index (κ1) is 21.7. The number of ether oxygens (including phenoxy) is 1. The zero-order valence-corrected chi connectivity index (χ0v) is 15.3. The molecule has 1 aromatic carbocycles. The standard InChI is InChI=1S/C14H22ClN3O.C2H6.CH2O/c1-19-14-4-3-12(15)11-13(14)18-9-7-17(8-10-18)6-2-5-16;2*1-2/h3-4,11H,2,5-10,16H2,1H3;1-2H3;1H2. The second kappa shape index (κ2) is 13.2. The Labute approximate surface area is 145 Å². The van der Waals surface area contributed by atoms with E-state index in [1.807, 2.05) is 38.8 Å². The molecule has 1 aliphatic rings. The van der Waals surface area contributed by atoms with Crippen molar-refractivity contribution in [3.05, 3.63) is 23.2 Å². The molecule has 2 N–H and O–H groups in total. The van der Waals surface area contributed by atoms with E-state index >= 15 is 0 Å². The zero-order chi connectivity index (χ0) is 17.7. The smallest absolute Gasteiger partial charge is 0.142 e. The van der Waals surface area contributed by atoms with Crippen LogP contribution in [0, 0.1) is 0 Å². The molecule has 2 rings (SSSR count). The average molecular weight is 344 g/mol. The summed E-state index contributed by atoms with van der Waals surface area (Å²) in [6, 6.07) is 5.77. The highest BCUT2D eigenvalue weighted by Gasteiger charge is 2.19. The molecule has 0 aromatic heterocycles. The lowest BCUT2D eigenvalue weighted by Crippen LogP contribution is -2.47.